The first kappa shape index (κ1) is 12.6. The Bertz CT molecular complexity index is 565. The average Bonchev–Trinajstić information content (AvgIpc) is 2.68. The van der Waals surface area contributed by atoms with Crippen molar-refractivity contribution >= 4 is 17.7 Å². The van der Waals surface area contributed by atoms with Gasteiger partial charge in [0.1, 0.15) is 5.82 Å². The molecule has 7 heteroatoms. The van der Waals surface area contributed by atoms with E-state index in [0.29, 0.717) is 5.75 Å². The molecule has 2 heterocycles. The third-order valence-corrected chi connectivity index (χ3v) is 3.53. The van der Waals surface area contributed by atoms with Crippen LogP contribution in [-0.2, 0) is 12.8 Å². The maximum absolute atomic E-state index is 10.7. The van der Waals surface area contributed by atoms with Crippen LogP contribution in [0.1, 0.15) is 21.9 Å². The van der Waals surface area contributed by atoms with Gasteiger partial charge in [-0.2, -0.15) is 0 Å². The van der Waals surface area contributed by atoms with E-state index in [-0.39, 0.29) is 5.56 Å². The molecule has 18 heavy (non-hydrogen) atoms. The van der Waals surface area contributed by atoms with Gasteiger partial charge in [0.05, 0.1) is 11.3 Å². The fourth-order valence-corrected chi connectivity index (χ4v) is 2.16. The summed E-state index contributed by atoms with van der Waals surface area (Å²) in [4.78, 5) is 14.8. The Morgan fingerprint density at radius 2 is 2.22 bits per heavy atom. The lowest BCUT2D eigenvalue weighted by Gasteiger charge is -2.01. The van der Waals surface area contributed by atoms with E-state index in [0.717, 1.165) is 16.7 Å². The maximum atomic E-state index is 10.7. The van der Waals surface area contributed by atoms with Crippen LogP contribution < -0.4 is 0 Å². The summed E-state index contributed by atoms with van der Waals surface area (Å²) in [6.07, 6.45) is 1.36. The topological polar surface area (TPSA) is 80.9 Å². The number of nitrogens with zero attached hydrogens (tertiary/aromatic N) is 4. The Balaban J connectivity index is 2.02. The molecule has 0 aromatic carbocycles. The van der Waals surface area contributed by atoms with E-state index in [4.69, 9.17) is 5.11 Å². The van der Waals surface area contributed by atoms with Gasteiger partial charge in [-0.3, -0.25) is 4.98 Å². The van der Waals surface area contributed by atoms with E-state index in [1.807, 2.05) is 18.5 Å². The molecule has 0 amide bonds. The number of aryl methyl sites for hydroxylation is 1. The van der Waals surface area contributed by atoms with Gasteiger partial charge in [-0.05, 0) is 19.1 Å². The number of aromatic nitrogens is 4. The maximum Gasteiger partial charge on any atom is 0.337 e. The number of thioether (sulfide) groups is 1. The molecule has 2 aromatic rings. The van der Waals surface area contributed by atoms with Crippen molar-refractivity contribution in [3.05, 3.63) is 35.4 Å². The summed E-state index contributed by atoms with van der Waals surface area (Å²) in [5.41, 5.74) is 1.00. The fraction of sp³-hybridized carbons (Fsp3) is 0.273. The molecule has 0 atom stereocenters. The molecular formula is C11H12N4O2S. The molecule has 0 fully saturated rings. The number of aromatic carboxylic acids is 1. The number of carboxylic acids is 1. The van der Waals surface area contributed by atoms with Crippen LogP contribution in [0.4, 0.5) is 0 Å². The molecular weight excluding hydrogens is 252 g/mol. The highest BCUT2D eigenvalue weighted by Gasteiger charge is 2.07. The molecule has 0 aliphatic rings. The summed E-state index contributed by atoms with van der Waals surface area (Å²) in [7, 11) is 1.90. The molecule has 0 radical (unpaired) electrons. The van der Waals surface area contributed by atoms with E-state index in [9.17, 15) is 4.79 Å². The van der Waals surface area contributed by atoms with Crippen LogP contribution in [0.2, 0.25) is 0 Å². The van der Waals surface area contributed by atoms with Crippen molar-refractivity contribution in [3.63, 3.8) is 0 Å². The first-order chi connectivity index (χ1) is 8.58. The van der Waals surface area contributed by atoms with E-state index in [1.54, 1.807) is 12.1 Å². The van der Waals surface area contributed by atoms with Crippen LogP contribution in [0.15, 0.2) is 23.5 Å². The summed E-state index contributed by atoms with van der Waals surface area (Å²) in [5.74, 6) is 0.517. The Hall–Kier alpha value is -1.89. The standard InChI is InChI=1S/C11H12N4O2S/c1-7-13-14-11(15(7)2)18-6-9-4-3-8(5-12-9)10(16)17/h3-5H,6H2,1-2H3,(H,16,17). The molecule has 1 N–H and O–H groups in total. The summed E-state index contributed by atoms with van der Waals surface area (Å²) >= 11 is 1.51. The minimum atomic E-state index is -0.967. The summed E-state index contributed by atoms with van der Waals surface area (Å²) in [5, 5.41) is 17.6. The zero-order chi connectivity index (χ0) is 13.1. The van der Waals surface area contributed by atoms with Crippen LogP contribution in [0.3, 0.4) is 0 Å². The number of pyridine rings is 1. The lowest BCUT2D eigenvalue weighted by molar-refractivity contribution is 0.0696. The quantitative estimate of drug-likeness (QED) is 0.843. The minimum absolute atomic E-state index is 0.193. The third kappa shape index (κ3) is 2.67. The molecule has 2 rings (SSSR count). The number of hydrogen-bond donors (Lipinski definition) is 1. The molecule has 94 valence electrons. The molecule has 0 bridgehead atoms. The molecule has 0 spiro atoms. The second-order valence-corrected chi connectivity index (χ2v) is 4.66. The SMILES string of the molecule is Cc1nnc(SCc2ccc(C(=O)O)cn2)n1C. The van der Waals surface area contributed by atoms with Crippen LogP contribution in [0.25, 0.3) is 0 Å². The van der Waals surface area contributed by atoms with E-state index in [1.165, 1.54) is 18.0 Å². The average molecular weight is 264 g/mol. The van der Waals surface area contributed by atoms with Gasteiger partial charge >= 0.3 is 5.97 Å². The van der Waals surface area contributed by atoms with Crippen LogP contribution in [-0.4, -0.2) is 30.8 Å². The van der Waals surface area contributed by atoms with E-state index < -0.39 is 5.97 Å². The van der Waals surface area contributed by atoms with Crippen molar-refractivity contribution in [1.82, 2.24) is 19.7 Å². The summed E-state index contributed by atoms with van der Waals surface area (Å²) in [6, 6.07) is 3.26. The van der Waals surface area contributed by atoms with Gasteiger partial charge in [-0.1, -0.05) is 11.8 Å². The largest absolute Gasteiger partial charge is 0.478 e. The lowest BCUT2D eigenvalue weighted by Crippen LogP contribution is -1.98. The highest BCUT2D eigenvalue weighted by atomic mass is 32.2. The smallest absolute Gasteiger partial charge is 0.337 e. The number of hydrogen-bond acceptors (Lipinski definition) is 5. The molecule has 0 aliphatic heterocycles. The minimum Gasteiger partial charge on any atom is -0.478 e. The summed E-state index contributed by atoms with van der Waals surface area (Å²) < 4.78 is 1.90. The van der Waals surface area contributed by atoms with Gasteiger partial charge in [0, 0.05) is 19.0 Å². The Morgan fingerprint density at radius 3 is 2.72 bits per heavy atom. The van der Waals surface area contributed by atoms with E-state index in [2.05, 4.69) is 15.2 Å². The fourth-order valence-electron chi connectivity index (χ4n) is 1.29. The number of carboxylic acid groups (broad SMARTS) is 1. The van der Waals surface area contributed by atoms with Crippen LogP contribution in [0, 0.1) is 6.92 Å². The summed E-state index contributed by atoms with van der Waals surface area (Å²) in [6.45, 7) is 1.89. The molecule has 2 aromatic heterocycles. The number of rotatable bonds is 4. The van der Waals surface area contributed by atoms with Crippen molar-refractivity contribution < 1.29 is 9.90 Å². The van der Waals surface area contributed by atoms with Crippen molar-refractivity contribution in [1.29, 1.82) is 0 Å². The van der Waals surface area contributed by atoms with Gasteiger partial charge in [0.15, 0.2) is 5.16 Å². The lowest BCUT2D eigenvalue weighted by atomic mass is 10.2. The Labute approximate surface area is 108 Å². The Morgan fingerprint density at radius 1 is 1.44 bits per heavy atom. The highest BCUT2D eigenvalue weighted by Crippen LogP contribution is 2.19. The highest BCUT2D eigenvalue weighted by molar-refractivity contribution is 7.98. The van der Waals surface area contributed by atoms with Crippen molar-refractivity contribution in [3.8, 4) is 0 Å². The molecule has 6 nitrogen and oxygen atoms in total. The van der Waals surface area contributed by atoms with E-state index >= 15 is 0 Å². The molecule has 0 saturated heterocycles. The van der Waals surface area contributed by atoms with Crippen molar-refractivity contribution in [2.24, 2.45) is 7.05 Å². The van der Waals surface area contributed by atoms with Crippen LogP contribution in [0.5, 0.6) is 0 Å². The zero-order valence-corrected chi connectivity index (χ0v) is 10.8. The zero-order valence-electron chi connectivity index (χ0n) is 9.99. The third-order valence-electron chi connectivity index (χ3n) is 2.47. The van der Waals surface area contributed by atoms with Gasteiger partial charge in [0.25, 0.3) is 0 Å². The van der Waals surface area contributed by atoms with Gasteiger partial charge in [-0.25, -0.2) is 4.79 Å². The monoisotopic (exact) mass is 264 g/mol. The van der Waals surface area contributed by atoms with Crippen LogP contribution >= 0.6 is 11.8 Å². The molecule has 0 saturated carbocycles. The Kier molecular flexibility index (Phi) is 3.61. The van der Waals surface area contributed by atoms with Gasteiger partial charge < -0.3 is 9.67 Å². The first-order valence-electron chi connectivity index (χ1n) is 5.25. The first-order valence-corrected chi connectivity index (χ1v) is 6.23. The molecule has 0 aliphatic carbocycles. The van der Waals surface area contributed by atoms with Gasteiger partial charge in [-0.15, -0.1) is 10.2 Å². The van der Waals surface area contributed by atoms with Gasteiger partial charge in [0.2, 0.25) is 0 Å². The van der Waals surface area contributed by atoms with Crippen molar-refractivity contribution in [2.75, 3.05) is 0 Å². The van der Waals surface area contributed by atoms with Crippen molar-refractivity contribution in [2.45, 2.75) is 17.8 Å². The second-order valence-electron chi connectivity index (χ2n) is 3.72. The molecule has 0 unspecified atom stereocenters. The predicted molar refractivity (Wildman–Crippen MR) is 66.5 cm³/mol. The number of carbonyl (C=O) groups is 1. The second kappa shape index (κ2) is 5.18. The predicted octanol–water partition coefficient (Wildman–Crippen LogP) is 1.51. The normalized spacial score (nSPS) is 10.6.